The Morgan fingerprint density at radius 2 is 2.21 bits per heavy atom. The SMILES string of the molecule is CCCCOCCNS(=O)(=O)c1c[nH]c(C(=O)O)c1. The van der Waals surface area contributed by atoms with Gasteiger partial charge in [0.25, 0.3) is 0 Å². The monoisotopic (exact) mass is 290 g/mol. The van der Waals surface area contributed by atoms with E-state index in [2.05, 4.69) is 9.71 Å². The quantitative estimate of drug-likeness (QED) is 0.583. The number of hydrogen-bond donors (Lipinski definition) is 3. The topological polar surface area (TPSA) is 108 Å². The second kappa shape index (κ2) is 7.27. The van der Waals surface area contributed by atoms with E-state index in [-0.39, 0.29) is 23.7 Å². The first-order valence-corrected chi connectivity index (χ1v) is 7.45. The van der Waals surface area contributed by atoms with Crippen LogP contribution in [0.25, 0.3) is 0 Å². The largest absolute Gasteiger partial charge is 0.477 e. The van der Waals surface area contributed by atoms with Crippen LogP contribution in [0.3, 0.4) is 0 Å². The number of carbonyl (C=O) groups is 1. The Balaban J connectivity index is 2.44. The smallest absolute Gasteiger partial charge is 0.352 e. The maximum atomic E-state index is 11.8. The first-order valence-electron chi connectivity index (χ1n) is 5.96. The highest BCUT2D eigenvalue weighted by atomic mass is 32.2. The van der Waals surface area contributed by atoms with Crippen LogP contribution in [0.4, 0.5) is 0 Å². The zero-order valence-electron chi connectivity index (χ0n) is 10.7. The molecular weight excluding hydrogens is 272 g/mol. The van der Waals surface area contributed by atoms with Crippen molar-refractivity contribution < 1.29 is 23.1 Å². The van der Waals surface area contributed by atoms with Gasteiger partial charge in [-0.05, 0) is 12.5 Å². The van der Waals surface area contributed by atoms with Crippen molar-refractivity contribution in [1.82, 2.24) is 9.71 Å². The van der Waals surface area contributed by atoms with Crippen molar-refractivity contribution in [2.24, 2.45) is 0 Å². The fraction of sp³-hybridized carbons (Fsp3) is 0.545. The third kappa shape index (κ3) is 5.01. The van der Waals surface area contributed by atoms with Crippen LogP contribution < -0.4 is 4.72 Å². The molecule has 0 atom stereocenters. The number of carboxylic acids is 1. The number of hydrogen-bond acceptors (Lipinski definition) is 4. The second-order valence-corrected chi connectivity index (χ2v) is 5.68. The molecule has 0 fully saturated rings. The number of aromatic carboxylic acids is 1. The molecule has 108 valence electrons. The van der Waals surface area contributed by atoms with Crippen molar-refractivity contribution in [3.63, 3.8) is 0 Å². The van der Waals surface area contributed by atoms with Crippen molar-refractivity contribution in [2.45, 2.75) is 24.7 Å². The molecule has 0 saturated heterocycles. The van der Waals surface area contributed by atoms with E-state index < -0.39 is 16.0 Å². The third-order valence-corrected chi connectivity index (χ3v) is 3.82. The summed E-state index contributed by atoms with van der Waals surface area (Å²) in [5, 5.41) is 8.69. The van der Waals surface area contributed by atoms with Gasteiger partial charge in [-0.2, -0.15) is 0 Å². The molecule has 8 heteroatoms. The summed E-state index contributed by atoms with van der Waals surface area (Å²) in [6.45, 7) is 3.08. The van der Waals surface area contributed by atoms with Gasteiger partial charge < -0.3 is 14.8 Å². The van der Waals surface area contributed by atoms with Gasteiger partial charge in [0.1, 0.15) is 10.6 Å². The van der Waals surface area contributed by atoms with Crippen LogP contribution in [0.2, 0.25) is 0 Å². The van der Waals surface area contributed by atoms with Gasteiger partial charge in [0, 0.05) is 19.3 Å². The highest BCUT2D eigenvalue weighted by molar-refractivity contribution is 7.89. The molecule has 0 amide bonds. The number of nitrogens with one attached hydrogen (secondary N) is 2. The van der Waals surface area contributed by atoms with Crippen LogP contribution in [-0.2, 0) is 14.8 Å². The van der Waals surface area contributed by atoms with Gasteiger partial charge in [0.15, 0.2) is 0 Å². The van der Waals surface area contributed by atoms with Crippen molar-refractivity contribution >= 4 is 16.0 Å². The molecular formula is C11H18N2O5S. The van der Waals surface area contributed by atoms with Gasteiger partial charge in [0.2, 0.25) is 10.0 Å². The van der Waals surface area contributed by atoms with E-state index in [1.807, 2.05) is 6.92 Å². The number of aromatic nitrogens is 1. The van der Waals surface area contributed by atoms with Crippen LogP contribution >= 0.6 is 0 Å². The number of rotatable bonds is 9. The predicted octanol–water partition coefficient (Wildman–Crippen LogP) is 0.808. The molecule has 3 N–H and O–H groups in total. The molecule has 1 heterocycles. The molecule has 1 rings (SSSR count). The Morgan fingerprint density at radius 3 is 2.79 bits per heavy atom. The minimum Gasteiger partial charge on any atom is -0.477 e. The van der Waals surface area contributed by atoms with Gasteiger partial charge in [0.05, 0.1) is 6.61 Å². The van der Waals surface area contributed by atoms with Crippen LogP contribution in [-0.4, -0.2) is 44.2 Å². The molecule has 19 heavy (non-hydrogen) atoms. The summed E-state index contributed by atoms with van der Waals surface area (Å²) >= 11 is 0. The van der Waals surface area contributed by atoms with Crippen molar-refractivity contribution in [3.05, 3.63) is 18.0 Å². The standard InChI is InChI=1S/C11H18N2O5S/c1-2-3-5-18-6-4-13-19(16,17)9-7-10(11(14)15)12-8-9/h7-8,12-13H,2-6H2,1H3,(H,14,15). The summed E-state index contributed by atoms with van der Waals surface area (Å²) < 4.78 is 31.1. The normalized spacial score (nSPS) is 11.6. The molecule has 0 unspecified atom stereocenters. The Morgan fingerprint density at radius 1 is 1.47 bits per heavy atom. The Kier molecular flexibility index (Phi) is 6.00. The summed E-state index contributed by atoms with van der Waals surface area (Å²) in [4.78, 5) is 12.9. The van der Waals surface area contributed by atoms with Gasteiger partial charge in [-0.25, -0.2) is 17.9 Å². The molecule has 1 aromatic rings. The molecule has 0 spiro atoms. The van der Waals surface area contributed by atoms with Gasteiger partial charge in [-0.3, -0.25) is 0 Å². The molecule has 0 radical (unpaired) electrons. The van der Waals surface area contributed by atoms with E-state index in [1.165, 1.54) is 0 Å². The van der Waals surface area contributed by atoms with Crippen molar-refractivity contribution in [1.29, 1.82) is 0 Å². The first kappa shape index (κ1) is 15.7. The molecule has 0 aliphatic rings. The van der Waals surface area contributed by atoms with E-state index in [0.29, 0.717) is 6.61 Å². The van der Waals surface area contributed by atoms with Gasteiger partial charge in [-0.1, -0.05) is 13.3 Å². The molecule has 7 nitrogen and oxygen atoms in total. The van der Waals surface area contributed by atoms with E-state index in [9.17, 15) is 13.2 Å². The lowest BCUT2D eigenvalue weighted by Crippen LogP contribution is -2.27. The summed E-state index contributed by atoms with van der Waals surface area (Å²) in [5.74, 6) is -1.20. The lowest BCUT2D eigenvalue weighted by Gasteiger charge is -2.05. The summed E-state index contributed by atoms with van der Waals surface area (Å²) in [7, 11) is -3.69. The molecule has 1 aromatic heterocycles. The van der Waals surface area contributed by atoms with E-state index >= 15 is 0 Å². The van der Waals surface area contributed by atoms with E-state index in [1.54, 1.807) is 0 Å². The number of H-pyrrole nitrogens is 1. The van der Waals surface area contributed by atoms with Crippen molar-refractivity contribution in [3.8, 4) is 0 Å². The maximum absolute atomic E-state index is 11.8. The van der Waals surface area contributed by atoms with Crippen LogP contribution in [0, 0.1) is 0 Å². The first-order chi connectivity index (χ1) is 8.97. The average Bonchev–Trinajstić information content (AvgIpc) is 2.84. The van der Waals surface area contributed by atoms with Crippen LogP contribution in [0.15, 0.2) is 17.2 Å². The fourth-order valence-electron chi connectivity index (χ4n) is 1.33. The third-order valence-electron chi connectivity index (χ3n) is 2.38. The van der Waals surface area contributed by atoms with E-state index in [0.717, 1.165) is 25.1 Å². The Bertz CT molecular complexity index is 509. The predicted molar refractivity (Wildman–Crippen MR) is 68.7 cm³/mol. The zero-order chi connectivity index (χ0) is 14.3. The minimum atomic E-state index is -3.69. The Hall–Kier alpha value is -1.38. The summed E-state index contributed by atoms with van der Waals surface area (Å²) in [6.07, 6.45) is 3.10. The van der Waals surface area contributed by atoms with Crippen LogP contribution in [0.1, 0.15) is 30.3 Å². The number of aromatic amines is 1. The Labute approximate surface area is 112 Å². The van der Waals surface area contributed by atoms with E-state index in [4.69, 9.17) is 9.84 Å². The summed E-state index contributed by atoms with van der Waals surface area (Å²) in [5.41, 5.74) is -0.167. The van der Waals surface area contributed by atoms with Crippen LogP contribution in [0.5, 0.6) is 0 Å². The van der Waals surface area contributed by atoms with Gasteiger partial charge in [-0.15, -0.1) is 0 Å². The highest BCUT2D eigenvalue weighted by Crippen LogP contribution is 2.10. The summed E-state index contributed by atoms with van der Waals surface area (Å²) in [6, 6.07) is 1.07. The number of unbranched alkanes of at least 4 members (excludes halogenated alkanes) is 1. The molecule has 0 aliphatic heterocycles. The van der Waals surface area contributed by atoms with Gasteiger partial charge >= 0.3 is 5.97 Å². The lowest BCUT2D eigenvalue weighted by atomic mass is 10.4. The second-order valence-electron chi connectivity index (χ2n) is 3.92. The number of ether oxygens (including phenoxy) is 1. The minimum absolute atomic E-state index is 0.0986. The molecule has 0 aromatic carbocycles. The number of carboxylic acid groups (broad SMARTS) is 1. The highest BCUT2D eigenvalue weighted by Gasteiger charge is 2.17. The maximum Gasteiger partial charge on any atom is 0.352 e. The molecule has 0 bridgehead atoms. The lowest BCUT2D eigenvalue weighted by molar-refractivity contribution is 0.0691. The molecule has 0 aliphatic carbocycles. The fourth-order valence-corrected chi connectivity index (χ4v) is 2.34. The zero-order valence-corrected chi connectivity index (χ0v) is 11.5. The number of sulfonamides is 1. The van der Waals surface area contributed by atoms with Crippen molar-refractivity contribution in [2.75, 3.05) is 19.8 Å². The molecule has 0 saturated carbocycles. The average molecular weight is 290 g/mol.